The summed E-state index contributed by atoms with van der Waals surface area (Å²) in [6.07, 6.45) is 7.53. The smallest absolute Gasteiger partial charge is 0.0929 e. The number of hydrogen-bond donors (Lipinski definition) is 1. The van der Waals surface area contributed by atoms with Crippen LogP contribution in [-0.2, 0) is 17.8 Å². The summed E-state index contributed by atoms with van der Waals surface area (Å²) in [5, 5.41) is 6.74. The van der Waals surface area contributed by atoms with E-state index < -0.39 is 0 Å². The third-order valence-electron chi connectivity index (χ3n) is 3.61. The van der Waals surface area contributed by atoms with Gasteiger partial charge < -0.3 is 10.1 Å². The molecule has 1 aromatic rings. The fourth-order valence-corrected chi connectivity index (χ4v) is 3.35. The van der Waals surface area contributed by atoms with Crippen molar-refractivity contribution in [3.05, 3.63) is 16.1 Å². The molecule has 1 aliphatic carbocycles. The van der Waals surface area contributed by atoms with Crippen molar-refractivity contribution in [1.82, 2.24) is 10.3 Å². The Morgan fingerprint density at radius 1 is 1.39 bits per heavy atom. The van der Waals surface area contributed by atoms with Gasteiger partial charge in [-0.15, -0.1) is 11.3 Å². The van der Waals surface area contributed by atoms with E-state index in [1.807, 2.05) is 0 Å². The fourth-order valence-electron chi connectivity index (χ4n) is 2.47. The Morgan fingerprint density at radius 2 is 2.17 bits per heavy atom. The minimum atomic E-state index is 0.436. The van der Waals surface area contributed by atoms with Gasteiger partial charge in [-0.2, -0.15) is 0 Å². The zero-order valence-electron chi connectivity index (χ0n) is 11.4. The Hall–Kier alpha value is -0.450. The lowest BCUT2D eigenvalue weighted by Gasteiger charge is -2.28. The number of rotatable bonds is 6. The minimum Gasteiger partial charge on any atom is -0.372 e. The summed E-state index contributed by atoms with van der Waals surface area (Å²) in [5.74, 6) is 0. The molecule has 0 atom stereocenters. The molecule has 1 saturated carbocycles. The molecule has 0 spiro atoms. The highest BCUT2D eigenvalue weighted by Crippen LogP contribution is 2.22. The third kappa shape index (κ3) is 4.04. The van der Waals surface area contributed by atoms with Crippen LogP contribution >= 0.6 is 11.3 Å². The first-order chi connectivity index (χ1) is 8.81. The Kier molecular flexibility index (Phi) is 5.60. The van der Waals surface area contributed by atoms with E-state index in [-0.39, 0.29) is 0 Å². The zero-order valence-corrected chi connectivity index (χ0v) is 12.3. The van der Waals surface area contributed by atoms with Gasteiger partial charge in [0, 0.05) is 11.4 Å². The number of nitrogens with zero attached hydrogens (tertiary/aromatic N) is 1. The quantitative estimate of drug-likeness (QED) is 0.860. The summed E-state index contributed by atoms with van der Waals surface area (Å²) in [5.41, 5.74) is 1.11. The number of aryl methyl sites for hydroxylation is 1. The maximum atomic E-state index is 5.97. The summed E-state index contributed by atoms with van der Waals surface area (Å²) in [6.45, 7) is 2.88. The molecule has 3 nitrogen and oxygen atoms in total. The lowest BCUT2D eigenvalue weighted by Crippen LogP contribution is -2.32. The molecular weight excluding hydrogens is 244 g/mol. The van der Waals surface area contributed by atoms with Gasteiger partial charge >= 0.3 is 0 Å². The van der Waals surface area contributed by atoms with Crippen LogP contribution in [-0.4, -0.2) is 24.2 Å². The van der Waals surface area contributed by atoms with E-state index in [9.17, 15) is 0 Å². The first-order valence-corrected chi connectivity index (χ1v) is 7.92. The van der Waals surface area contributed by atoms with Crippen molar-refractivity contribution in [2.45, 2.75) is 64.2 Å². The molecule has 1 aromatic heterocycles. The predicted octanol–water partition coefficient (Wildman–Crippen LogP) is 3.14. The average Bonchev–Trinajstić information content (AvgIpc) is 2.85. The highest BCUT2D eigenvalue weighted by molar-refractivity contribution is 7.09. The molecule has 0 bridgehead atoms. The van der Waals surface area contributed by atoms with Crippen LogP contribution in [0, 0.1) is 0 Å². The largest absolute Gasteiger partial charge is 0.372 e. The van der Waals surface area contributed by atoms with Crippen molar-refractivity contribution in [3.8, 4) is 0 Å². The number of hydrogen-bond acceptors (Lipinski definition) is 4. The van der Waals surface area contributed by atoms with E-state index in [0.717, 1.165) is 12.1 Å². The van der Waals surface area contributed by atoms with E-state index >= 15 is 0 Å². The van der Waals surface area contributed by atoms with Crippen molar-refractivity contribution in [3.63, 3.8) is 0 Å². The van der Waals surface area contributed by atoms with Crippen molar-refractivity contribution in [2.75, 3.05) is 7.05 Å². The van der Waals surface area contributed by atoms with Crippen molar-refractivity contribution in [1.29, 1.82) is 0 Å². The fraction of sp³-hybridized carbons (Fsp3) is 0.786. The molecule has 1 aliphatic rings. The Labute approximate surface area is 114 Å². The van der Waals surface area contributed by atoms with Crippen LogP contribution in [0.25, 0.3) is 0 Å². The van der Waals surface area contributed by atoms with E-state index in [1.54, 1.807) is 11.3 Å². The van der Waals surface area contributed by atoms with Crippen LogP contribution < -0.4 is 5.32 Å². The topological polar surface area (TPSA) is 34.1 Å². The number of thiazole rings is 1. The summed E-state index contributed by atoms with van der Waals surface area (Å²) in [6, 6.07) is 0.695. The summed E-state index contributed by atoms with van der Waals surface area (Å²) in [7, 11) is 2.05. The standard InChI is InChI=1S/C14H24N2OS/c1-3-4-14-16-12(10-18-14)9-17-13-7-5-11(15-2)6-8-13/h10-11,13,15H,3-9H2,1-2H3. The molecular formula is C14H24N2OS. The van der Waals surface area contributed by atoms with Gasteiger partial charge in [-0.25, -0.2) is 4.98 Å². The van der Waals surface area contributed by atoms with Crippen LogP contribution in [0.5, 0.6) is 0 Å². The van der Waals surface area contributed by atoms with E-state index in [2.05, 4.69) is 29.7 Å². The van der Waals surface area contributed by atoms with Crippen molar-refractivity contribution in [2.24, 2.45) is 0 Å². The van der Waals surface area contributed by atoms with E-state index in [4.69, 9.17) is 4.74 Å². The molecule has 18 heavy (non-hydrogen) atoms. The van der Waals surface area contributed by atoms with Gasteiger partial charge in [0.05, 0.1) is 23.4 Å². The SMILES string of the molecule is CCCc1nc(COC2CCC(NC)CC2)cs1. The monoisotopic (exact) mass is 268 g/mol. The van der Waals surface area contributed by atoms with Crippen LogP contribution in [0.1, 0.15) is 49.7 Å². The maximum Gasteiger partial charge on any atom is 0.0929 e. The summed E-state index contributed by atoms with van der Waals surface area (Å²) < 4.78 is 5.97. The Morgan fingerprint density at radius 3 is 2.83 bits per heavy atom. The molecule has 1 heterocycles. The molecule has 1 fully saturated rings. The number of ether oxygens (including phenoxy) is 1. The lowest BCUT2D eigenvalue weighted by atomic mass is 9.93. The number of aromatic nitrogens is 1. The van der Waals surface area contributed by atoms with Crippen LogP contribution in [0.2, 0.25) is 0 Å². The molecule has 102 valence electrons. The molecule has 0 aromatic carbocycles. The van der Waals surface area contributed by atoms with Crippen molar-refractivity contribution >= 4 is 11.3 Å². The molecule has 0 saturated heterocycles. The van der Waals surface area contributed by atoms with Crippen molar-refractivity contribution < 1.29 is 4.74 Å². The molecule has 0 aliphatic heterocycles. The molecule has 1 N–H and O–H groups in total. The van der Waals surface area contributed by atoms with Crippen LogP contribution in [0.15, 0.2) is 5.38 Å². The van der Waals surface area contributed by atoms with Gasteiger partial charge in [0.2, 0.25) is 0 Å². The lowest BCUT2D eigenvalue weighted by molar-refractivity contribution is 0.0105. The predicted molar refractivity (Wildman–Crippen MR) is 76.0 cm³/mol. The molecule has 4 heteroatoms. The highest BCUT2D eigenvalue weighted by Gasteiger charge is 2.20. The molecule has 2 rings (SSSR count). The van der Waals surface area contributed by atoms with E-state index in [0.29, 0.717) is 18.8 Å². The average molecular weight is 268 g/mol. The van der Waals surface area contributed by atoms with Gasteiger partial charge in [0.1, 0.15) is 0 Å². The second kappa shape index (κ2) is 7.22. The second-order valence-electron chi connectivity index (χ2n) is 5.06. The molecule has 0 amide bonds. The number of nitrogens with one attached hydrogen (secondary N) is 1. The van der Waals surface area contributed by atoms with Gasteiger partial charge in [-0.05, 0) is 45.6 Å². The Bertz CT molecular complexity index is 345. The first kappa shape index (κ1) is 14.0. The molecule has 0 unspecified atom stereocenters. The summed E-state index contributed by atoms with van der Waals surface area (Å²) >= 11 is 1.76. The Balaban J connectivity index is 1.71. The van der Waals surface area contributed by atoms with Gasteiger partial charge in [-0.3, -0.25) is 0 Å². The van der Waals surface area contributed by atoms with E-state index in [1.165, 1.54) is 37.1 Å². The van der Waals surface area contributed by atoms with Gasteiger partial charge in [0.25, 0.3) is 0 Å². The van der Waals surface area contributed by atoms with Gasteiger partial charge in [-0.1, -0.05) is 6.92 Å². The van der Waals surface area contributed by atoms with Crippen LogP contribution in [0.3, 0.4) is 0 Å². The third-order valence-corrected chi connectivity index (χ3v) is 4.57. The maximum absolute atomic E-state index is 5.97. The second-order valence-corrected chi connectivity index (χ2v) is 6.00. The van der Waals surface area contributed by atoms with Crippen LogP contribution in [0.4, 0.5) is 0 Å². The highest BCUT2D eigenvalue weighted by atomic mass is 32.1. The van der Waals surface area contributed by atoms with Gasteiger partial charge in [0.15, 0.2) is 0 Å². The zero-order chi connectivity index (χ0) is 12.8. The molecule has 0 radical (unpaired) electrons. The first-order valence-electron chi connectivity index (χ1n) is 7.04. The minimum absolute atomic E-state index is 0.436. The normalized spacial score (nSPS) is 24.3. The summed E-state index contributed by atoms with van der Waals surface area (Å²) in [4.78, 5) is 4.60.